The van der Waals surface area contributed by atoms with Crippen LogP contribution in [-0.2, 0) is 9.62 Å². The summed E-state index contributed by atoms with van der Waals surface area (Å²) in [5.41, 5.74) is 0. The van der Waals surface area contributed by atoms with Gasteiger partial charge in [-0.3, -0.25) is 5.26 Å². The highest BCUT2D eigenvalue weighted by molar-refractivity contribution is 4.86. The fraction of sp³-hybridized carbons (Fsp3) is 1.00. The van der Waals surface area contributed by atoms with Gasteiger partial charge in [0.25, 0.3) is 0 Å². The van der Waals surface area contributed by atoms with Crippen molar-refractivity contribution in [1.82, 2.24) is 0 Å². The van der Waals surface area contributed by atoms with Crippen LogP contribution in [-0.4, -0.2) is 54.4 Å². The molecule has 0 spiro atoms. The van der Waals surface area contributed by atoms with Crippen molar-refractivity contribution in [1.29, 1.82) is 0 Å². The van der Waals surface area contributed by atoms with Crippen molar-refractivity contribution in [2.75, 3.05) is 26.9 Å². The van der Waals surface area contributed by atoms with Gasteiger partial charge in [-0.1, -0.05) is 19.8 Å². The van der Waals surface area contributed by atoms with E-state index in [2.05, 4.69) is 18.7 Å². The molecule has 29 heavy (non-hydrogen) atoms. The highest BCUT2D eigenvalue weighted by Gasteiger charge is 2.37. The largest absolute Gasteiger partial charge is 0.396 e. The number of aliphatic hydroxyl groups excluding tert-OH is 2. The molecule has 3 fully saturated rings. The summed E-state index contributed by atoms with van der Waals surface area (Å²) in [6, 6.07) is 0. The molecule has 2 saturated carbocycles. The van der Waals surface area contributed by atoms with Crippen molar-refractivity contribution in [3.63, 3.8) is 0 Å². The molecule has 1 heterocycles. The zero-order chi connectivity index (χ0) is 21.9. The maximum Gasteiger partial charge on any atom is 0.248 e. The summed E-state index contributed by atoms with van der Waals surface area (Å²) >= 11 is 0. The second-order valence-electron chi connectivity index (χ2n) is 9.06. The Morgan fingerprint density at radius 3 is 2.24 bits per heavy atom. The second-order valence-corrected chi connectivity index (χ2v) is 9.06. The fourth-order valence-electron chi connectivity index (χ4n) is 4.94. The van der Waals surface area contributed by atoms with Gasteiger partial charge in [0.1, 0.15) is 0 Å². The van der Waals surface area contributed by atoms with E-state index in [1.807, 2.05) is 0 Å². The van der Waals surface area contributed by atoms with Crippen LogP contribution in [0.1, 0.15) is 71.6 Å². The van der Waals surface area contributed by atoms with E-state index in [1.54, 1.807) is 0 Å². The molecule has 3 N–H and O–H groups in total. The average molecular weight is 425 g/mol. The van der Waals surface area contributed by atoms with Crippen molar-refractivity contribution >= 4 is 0 Å². The Kier molecular flexibility index (Phi) is 12.8. The first-order valence-corrected chi connectivity index (χ1v) is 11.2. The summed E-state index contributed by atoms with van der Waals surface area (Å²) in [6.45, 7) is 5.73. The van der Waals surface area contributed by atoms with E-state index < -0.39 is 5.92 Å². The lowest BCUT2D eigenvalue weighted by atomic mass is 9.67. The SMILES string of the molecule is CC1CC[C@H]2CCC[C@@H]([C@@H](C)CO)C2CO1.COO.OCC1CCC(F)(F)CC1. The number of aliphatic hydroxyl groups is 2. The molecule has 0 aromatic rings. The van der Waals surface area contributed by atoms with Crippen LogP contribution in [0.25, 0.3) is 0 Å². The quantitative estimate of drug-likeness (QED) is 0.450. The number of ether oxygens (including phenoxy) is 1. The van der Waals surface area contributed by atoms with E-state index >= 15 is 0 Å². The number of alkyl halides is 2. The Hall–Kier alpha value is -0.340. The van der Waals surface area contributed by atoms with E-state index in [9.17, 15) is 13.9 Å². The van der Waals surface area contributed by atoms with Gasteiger partial charge in [-0.25, -0.2) is 13.7 Å². The van der Waals surface area contributed by atoms with Gasteiger partial charge in [-0.15, -0.1) is 0 Å². The minimum Gasteiger partial charge on any atom is -0.396 e. The predicted octanol–water partition coefficient (Wildman–Crippen LogP) is 4.76. The molecule has 2 aliphatic carbocycles. The zero-order valence-electron chi connectivity index (χ0n) is 18.4. The molecule has 3 rings (SSSR count). The number of fused-ring (bicyclic) bond motifs is 1. The number of rotatable bonds is 3. The average Bonchev–Trinajstić information content (AvgIpc) is 2.90. The van der Waals surface area contributed by atoms with E-state index in [-0.39, 0.29) is 25.4 Å². The summed E-state index contributed by atoms with van der Waals surface area (Å²) in [5.74, 6) is 0.378. The lowest BCUT2D eigenvalue weighted by Gasteiger charge is -2.39. The van der Waals surface area contributed by atoms with Crippen molar-refractivity contribution < 1.29 is 33.9 Å². The Balaban J connectivity index is 0.000000277. The minimum atomic E-state index is -2.45. The van der Waals surface area contributed by atoms with Crippen molar-refractivity contribution in [3.05, 3.63) is 0 Å². The molecule has 0 radical (unpaired) electrons. The number of halogens is 2. The van der Waals surface area contributed by atoms with Gasteiger partial charge in [0.2, 0.25) is 5.92 Å². The Bertz CT molecular complexity index is 414. The molecule has 174 valence electrons. The molecule has 1 aliphatic heterocycles. The van der Waals surface area contributed by atoms with Crippen molar-refractivity contribution in [2.24, 2.45) is 29.6 Å². The van der Waals surface area contributed by atoms with Gasteiger partial charge in [0.15, 0.2) is 0 Å². The summed E-state index contributed by atoms with van der Waals surface area (Å²) in [5, 5.41) is 25.0. The molecular formula is C22H42F2O5. The lowest BCUT2D eigenvalue weighted by molar-refractivity contribution is -0.214. The predicted molar refractivity (Wildman–Crippen MR) is 109 cm³/mol. The third kappa shape index (κ3) is 9.55. The highest BCUT2D eigenvalue weighted by Crippen LogP contribution is 2.43. The molecule has 3 aliphatic rings. The van der Waals surface area contributed by atoms with Crippen molar-refractivity contribution in [2.45, 2.75) is 83.7 Å². The van der Waals surface area contributed by atoms with E-state index in [0.717, 1.165) is 12.5 Å². The van der Waals surface area contributed by atoms with Crippen LogP contribution < -0.4 is 0 Å². The van der Waals surface area contributed by atoms with E-state index in [0.29, 0.717) is 43.3 Å². The molecule has 5 atom stereocenters. The molecule has 5 nitrogen and oxygen atoms in total. The van der Waals surface area contributed by atoms with Gasteiger partial charge in [0.05, 0.1) is 19.8 Å². The highest BCUT2D eigenvalue weighted by atomic mass is 19.3. The Morgan fingerprint density at radius 1 is 1.07 bits per heavy atom. The minimum absolute atomic E-state index is 0.0434. The number of hydrogen-bond acceptors (Lipinski definition) is 5. The first-order chi connectivity index (χ1) is 13.8. The molecule has 0 bridgehead atoms. The summed E-state index contributed by atoms with van der Waals surface area (Å²) in [6.07, 6.45) is 7.89. The third-order valence-corrected chi connectivity index (χ3v) is 6.90. The smallest absolute Gasteiger partial charge is 0.248 e. The first-order valence-electron chi connectivity index (χ1n) is 11.2. The van der Waals surface area contributed by atoms with Gasteiger partial charge < -0.3 is 14.9 Å². The summed E-state index contributed by atoms with van der Waals surface area (Å²) in [4.78, 5) is 3.25. The summed E-state index contributed by atoms with van der Waals surface area (Å²) in [7, 11) is 1.18. The normalized spacial score (nSPS) is 33.1. The van der Waals surface area contributed by atoms with Gasteiger partial charge in [-0.2, -0.15) is 0 Å². The number of hydrogen-bond donors (Lipinski definition) is 3. The monoisotopic (exact) mass is 424 g/mol. The topological polar surface area (TPSA) is 79.2 Å². The molecule has 1 saturated heterocycles. The molecular weight excluding hydrogens is 382 g/mol. The Morgan fingerprint density at radius 2 is 1.69 bits per heavy atom. The molecule has 0 aromatic carbocycles. The van der Waals surface area contributed by atoms with E-state index in [1.165, 1.54) is 39.2 Å². The van der Waals surface area contributed by atoms with Crippen LogP contribution in [0, 0.1) is 29.6 Å². The van der Waals surface area contributed by atoms with Gasteiger partial charge in [-0.05, 0) is 68.6 Å². The van der Waals surface area contributed by atoms with Crippen LogP contribution in [0.3, 0.4) is 0 Å². The van der Waals surface area contributed by atoms with Gasteiger partial charge >= 0.3 is 0 Å². The Labute approximate surface area is 174 Å². The van der Waals surface area contributed by atoms with Crippen LogP contribution in [0.15, 0.2) is 0 Å². The van der Waals surface area contributed by atoms with E-state index in [4.69, 9.17) is 15.1 Å². The molecule has 0 aromatic heterocycles. The third-order valence-electron chi connectivity index (χ3n) is 6.90. The van der Waals surface area contributed by atoms with Crippen LogP contribution in [0.4, 0.5) is 8.78 Å². The van der Waals surface area contributed by atoms with Crippen molar-refractivity contribution in [3.8, 4) is 0 Å². The van der Waals surface area contributed by atoms with Crippen LogP contribution >= 0.6 is 0 Å². The second kappa shape index (κ2) is 13.9. The fourth-order valence-corrected chi connectivity index (χ4v) is 4.94. The lowest BCUT2D eigenvalue weighted by Crippen LogP contribution is -2.35. The standard InChI is InChI=1S/C14H26O2.C7H12F2O.CH4O2/c1-10(8-15)13-5-3-4-12-7-6-11(2)16-9-14(12)13;8-7(9)3-1-6(5-10)2-4-7;1-3-2/h10-15H,3-9H2,1-2H3;6,10H,1-5H2;2H,1H3/t10-,11?,12+,13-,14?;;/m0../s1. The maximum absolute atomic E-state index is 12.4. The first kappa shape index (κ1) is 26.7. The zero-order valence-corrected chi connectivity index (χ0v) is 18.4. The summed E-state index contributed by atoms with van der Waals surface area (Å²) < 4.78 is 30.8. The maximum atomic E-state index is 12.4. The van der Waals surface area contributed by atoms with Crippen LogP contribution in [0.5, 0.6) is 0 Å². The van der Waals surface area contributed by atoms with Crippen LogP contribution in [0.2, 0.25) is 0 Å². The van der Waals surface area contributed by atoms with Gasteiger partial charge in [0, 0.05) is 26.1 Å². The molecule has 2 unspecified atom stereocenters. The molecule has 0 amide bonds. The molecule has 7 heteroatoms.